The van der Waals surface area contributed by atoms with Gasteiger partial charge < -0.3 is 9.32 Å². The summed E-state index contributed by atoms with van der Waals surface area (Å²) in [6, 6.07) is 61.1. The molecule has 50 heavy (non-hydrogen) atoms. The normalized spacial score (nSPS) is 11.6. The van der Waals surface area contributed by atoms with Crippen LogP contribution >= 0.6 is 0 Å². The van der Waals surface area contributed by atoms with Crippen LogP contribution in [0.15, 0.2) is 187 Å². The molecule has 10 aromatic rings. The Morgan fingerprint density at radius 1 is 0.380 bits per heavy atom. The summed E-state index contributed by atoms with van der Waals surface area (Å²) in [4.78, 5) is 6.69. The SMILES string of the molecule is c1ccc(-c2ccc(-c3ccccc3N(c3ccc4oc5cnccc5c4c3)c3ccc4c5ccccc5c5ccccc5c4c3)cc2)cc1. The minimum Gasteiger partial charge on any atom is -0.454 e. The van der Waals surface area contributed by atoms with Gasteiger partial charge in [0.25, 0.3) is 0 Å². The molecule has 0 amide bonds. The summed E-state index contributed by atoms with van der Waals surface area (Å²) in [6.07, 6.45) is 3.62. The zero-order valence-corrected chi connectivity index (χ0v) is 27.1. The number of hydrogen-bond donors (Lipinski definition) is 0. The molecule has 8 aromatic carbocycles. The molecular formula is C47H30N2O. The van der Waals surface area contributed by atoms with Crippen LogP contribution < -0.4 is 4.90 Å². The topological polar surface area (TPSA) is 29.3 Å². The van der Waals surface area contributed by atoms with Crippen molar-refractivity contribution in [2.45, 2.75) is 0 Å². The molecule has 0 N–H and O–H groups in total. The van der Waals surface area contributed by atoms with Crippen molar-refractivity contribution >= 4 is 71.3 Å². The third-order valence-electron chi connectivity index (χ3n) is 9.95. The molecule has 2 heterocycles. The van der Waals surface area contributed by atoms with Crippen molar-refractivity contribution in [1.29, 1.82) is 0 Å². The van der Waals surface area contributed by atoms with Gasteiger partial charge in [-0.15, -0.1) is 0 Å². The van der Waals surface area contributed by atoms with E-state index in [9.17, 15) is 0 Å². The summed E-state index contributed by atoms with van der Waals surface area (Å²) in [7, 11) is 0. The van der Waals surface area contributed by atoms with Crippen molar-refractivity contribution in [2.75, 3.05) is 4.90 Å². The molecule has 0 unspecified atom stereocenters. The molecule has 234 valence electrons. The smallest absolute Gasteiger partial charge is 0.153 e. The second kappa shape index (κ2) is 11.5. The van der Waals surface area contributed by atoms with Crippen molar-refractivity contribution in [3.63, 3.8) is 0 Å². The van der Waals surface area contributed by atoms with E-state index in [1.54, 1.807) is 6.20 Å². The lowest BCUT2D eigenvalue weighted by Crippen LogP contribution is -2.11. The van der Waals surface area contributed by atoms with E-state index < -0.39 is 0 Å². The average Bonchev–Trinajstić information content (AvgIpc) is 3.57. The molecule has 0 aliphatic heterocycles. The Kier molecular flexibility index (Phi) is 6.49. The highest BCUT2D eigenvalue weighted by Crippen LogP contribution is 2.45. The molecule has 0 saturated heterocycles. The minimum absolute atomic E-state index is 0.786. The van der Waals surface area contributed by atoms with Crippen molar-refractivity contribution in [3.8, 4) is 22.3 Å². The van der Waals surface area contributed by atoms with E-state index in [1.807, 2.05) is 12.3 Å². The van der Waals surface area contributed by atoms with Crippen LogP contribution in [0.5, 0.6) is 0 Å². The number of aromatic nitrogens is 1. The monoisotopic (exact) mass is 638 g/mol. The Labute approximate surface area is 289 Å². The van der Waals surface area contributed by atoms with Crippen LogP contribution in [0.1, 0.15) is 0 Å². The lowest BCUT2D eigenvalue weighted by Gasteiger charge is -2.28. The van der Waals surface area contributed by atoms with Gasteiger partial charge in [0.05, 0.1) is 11.9 Å². The van der Waals surface area contributed by atoms with E-state index >= 15 is 0 Å². The first-order chi connectivity index (χ1) is 24.8. The van der Waals surface area contributed by atoms with Crippen LogP contribution in [0.2, 0.25) is 0 Å². The van der Waals surface area contributed by atoms with Crippen LogP contribution in [-0.2, 0) is 0 Å². The third kappa shape index (κ3) is 4.56. The highest BCUT2D eigenvalue weighted by atomic mass is 16.3. The van der Waals surface area contributed by atoms with Crippen molar-refractivity contribution in [3.05, 3.63) is 182 Å². The summed E-state index contributed by atoms with van der Waals surface area (Å²) in [5.74, 6) is 0. The standard InChI is InChI=1S/C47H30N2O/c1-2-10-31(11-3-1)32-18-20-33(21-19-32)36-12-8-9-17-45(36)49(35-23-25-46-44(29-35)42-26-27-48-30-47(42)50-46)34-22-24-41-39-15-5-4-13-37(39)38-14-6-7-16-40(38)43(41)28-34/h1-30H. The number of anilines is 3. The molecule has 0 saturated carbocycles. The van der Waals surface area contributed by atoms with E-state index in [0.29, 0.717) is 0 Å². The lowest BCUT2D eigenvalue weighted by molar-refractivity contribution is 0.667. The van der Waals surface area contributed by atoms with Crippen LogP contribution in [0, 0.1) is 0 Å². The van der Waals surface area contributed by atoms with Gasteiger partial charge in [-0.2, -0.15) is 0 Å². The van der Waals surface area contributed by atoms with E-state index in [4.69, 9.17) is 4.42 Å². The van der Waals surface area contributed by atoms with Gasteiger partial charge in [-0.1, -0.05) is 127 Å². The molecule has 0 aliphatic carbocycles. The van der Waals surface area contributed by atoms with E-state index in [0.717, 1.165) is 50.1 Å². The van der Waals surface area contributed by atoms with Gasteiger partial charge in [0.15, 0.2) is 5.58 Å². The maximum Gasteiger partial charge on any atom is 0.153 e. The number of hydrogen-bond acceptors (Lipinski definition) is 3. The predicted molar refractivity (Wildman–Crippen MR) is 210 cm³/mol. The Hall–Kier alpha value is -6.71. The fraction of sp³-hybridized carbons (Fsp3) is 0. The molecule has 0 aliphatic rings. The number of benzene rings is 8. The summed E-state index contributed by atoms with van der Waals surface area (Å²) in [6.45, 7) is 0. The first kappa shape index (κ1) is 28.3. The van der Waals surface area contributed by atoms with E-state index in [2.05, 4.69) is 174 Å². The van der Waals surface area contributed by atoms with Gasteiger partial charge in [-0.3, -0.25) is 4.98 Å². The first-order valence-electron chi connectivity index (χ1n) is 16.9. The van der Waals surface area contributed by atoms with Crippen LogP contribution in [0.25, 0.3) is 76.5 Å². The third-order valence-corrected chi connectivity index (χ3v) is 9.95. The number of pyridine rings is 1. The van der Waals surface area contributed by atoms with Gasteiger partial charge >= 0.3 is 0 Å². The largest absolute Gasteiger partial charge is 0.454 e. The van der Waals surface area contributed by atoms with Crippen LogP contribution in [-0.4, -0.2) is 4.98 Å². The molecular weight excluding hydrogens is 609 g/mol. The molecule has 0 spiro atoms. The number of furan rings is 1. The minimum atomic E-state index is 0.786. The van der Waals surface area contributed by atoms with Gasteiger partial charge in [-0.25, -0.2) is 0 Å². The number of fused-ring (bicyclic) bond motifs is 9. The maximum absolute atomic E-state index is 6.21. The zero-order valence-electron chi connectivity index (χ0n) is 27.1. The summed E-state index contributed by atoms with van der Waals surface area (Å²) in [5.41, 5.74) is 9.57. The summed E-state index contributed by atoms with van der Waals surface area (Å²) in [5, 5.41) is 9.64. The molecule has 2 aromatic heterocycles. The lowest BCUT2D eigenvalue weighted by atomic mass is 9.93. The molecule has 3 nitrogen and oxygen atoms in total. The second-order valence-corrected chi connectivity index (χ2v) is 12.8. The zero-order chi connectivity index (χ0) is 33.0. The number of rotatable bonds is 5. The van der Waals surface area contributed by atoms with Crippen LogP contribution in [0.4, 0.5) is 17.1 Å². The van der Waals surface area contributed by atoms with Gasteiger partial charge in [0.2, 0.25) is 0 Å². The first-order valence-corrected chi connectivity index (χ1v) is 16.9. The van der Waals surface area contributed by atoms with Crippen molar-refractivity contribution in [2.24, 2.45) is 0 Å². The Morgan fingerprint density at radius 2 is 0.940 bits per heavy atom. The summed E-state index contributed by atoms with van der Waals surface area (Å²) < 4.78 is 6.21. The van der Waals surface area contributed by atoms with Crippen LogP contribution in [0.3, 0.4) is 0 Å². The predicted octanol–water partition coefficient (Wildman–Crippen LogP) is 13.2. The Bertz CT molecular complexity index is 2840. The van der Waals surface area contributed by atoms with Gasteiger partial charge in [0.1, 0.15) is 5.58 Å². The number of nitrogens with zero attached hydrogens (tertiary/aromatic N) is 2. The highest BCUT2D eigenvalue weighted by molar-refractivity contribution is 6.26. The highest BCUT2D eigenvalue weighted by Gasteiger charge is 2.20. The molecule has 10 rings (SSSR count). The van der Waals surface area contributed by atoms with E-state index in [-0.39, 0.29) is 0 Å². The van der Waals surface area contributed by atoms with Crippen molar-refractivity contribution in [1.82, 2.24) is 4.98 Å². The molecule has 0 bridgehead atoms. The van der Waals surface area contributed by atoms with Gasteiger partial charge in [-0.05, 0) is 91.5 Å². The summed E-state index contributed by atoms with van der Waals surface area (Å²) >= 11 is 0. The number of para-hydroxylation sites is 1. The molecule has 0 atom stereocenters. The second-order valence-electron chi connectivity index (χ2n) is 12.8. The average molecular weight is 639 g/mol. The molecule has 0 fully saturated rings. The Balaban J connectivity index is 1.22. The molecule has 0 radical (unpaired) electrons. The van der Waals surface area contributed by atoms with Gasteiger partial charge in [0, 0.05) is 33.9 Å². The van der Waals surface area contributed by atoms with Crippen molar-refractivity contribution < 1.29 is 4.42 Å². The fourth-order valence-corrected chi connectivity index (χ4v) is 7.61. The maximum atomic E-state index is 6.21. The Morgan fingerprint density at radius 3 is 1.68 bits per heavy atom. The fourth-order valence-electron chi connectivity index (χ4n) is 7.61. The quantitative estimate of drug-likeness (QED) is 0.176. The molecule has 3 heteroatoms. The van der Waals surface area contributed by atoms with E-state index in [1.165, 1.54) is 43.4 Å².